The lowest BCUT2D eigenvalue weighted by molar-refractivity contribution is 0.100. The number of pyridine rings is 1. The molecule has 4 aromatic rings. The SMILES string of the molecule is NC(=O)c1c(-c2ccc(F)cc2)nn2cc(NS(=O)(=O)CCc3ccc(Br)c(F)c3F)c(C3CC3)cc12. The van der Waals surface area contributed by atoms with Crippen LogP contribution in [0.1, 0.15) is 40.2 Å². The fourth-order valence-electron chi connectivity index (χ4n) is 4.20. The first kappa shape index (κ1) is 25.3. The Morgan fingerprint density at radius 3 is 2.46 bits per heavy atom. The number of hydrogen-bond donors (Lipinski definition) is 2. The van der Waals surface area contributed by atoms with Crippen LogP contribution in [-0.4, -0.2) is 29.7 Å². The summed E-state index contributed by atoms with van der Waals surface area (Å²) in [5.41, 5.74) is 7.77. The number of nitrogens with one attached hydrogen (secondary N) is 1. The van der Waals surface area contributed by atoms with E-state index in [4.69, 9.17) is 5.73 Å². The van der Waals surface area contributed by atoms with E-state index in [1.165, 1.54) is 47.1 Å². The smallest absolute Gasteiger partial charge is 0.253 e. The fourth-order valence-corrected chi connectivity index (χ4v) is 5.60. The van der Waals surface area contributed by atoms with Gasteiger partial charge in [-0.2, -0.15) is 5.10 Å². The van der Waals surface area contributed by atoms with Crippen LogP contribution in [0.2, 0.25) is 0 Å². The Morgan fingerprint density at radius 2 is 1.81 bits per heavy atom. The third kappa shape index (κ3) is 5.08. The van der Waals surface area contributed by atoms with Gasteiger partial charge in [-0.25, -0.2) is 26.1 Å². The highest BCUT2D eigenvalue weighted by Crippen LogP contribution is 2.45. The fraction of sp³-hybridized carbons (Fsp3) is 0.200. The zero-order valence-corrected chi connectivity index (χ0v) is 21.5. The molecule has 3 N–H and O–H groups in total. The lowest BCUT2D eigenvalue weighted by Gasteiger charge is -2.14. The molecule has 0 aliphatic heterocycles. The molecule has 7 nitrogen and oxygen atoms in total. The Balaban J connectivity index is 1.51. The normalized spacial score (nSPS) is 13.7. The molecule has 1 aliphatic carbocycles. The van der Waals surface area contributed by atoms with Crippen molar-refractivity contribution < 1.29 is 26.4 Å². The zero-order chi connectivity index (χ0) is 26.5. The Bertz CT molecular complexity index is 1650. The van der Waals surface area contributed by atoms with Crippen LogP contribution < -0.4 is 10.5 Å². The number of amides is 1. The lowest BCUT2D eigenvalue weighted by Crippen LogP contribution is -2.20. The van der Waals surface area contributed by atoms with Crippen molar-refractivity contribution in [2.45, 2.75) is 25.2 Å². The second-order valence-electron chi connectivity index (χ2n) is 8.85. The Kier molecular flexibility index (Phi) is 6.48. The van der Waals surface area contributed by atoms with Gasteiger partial charge in [-0.3, -0.25) is 9.52 Å². The predicted molar refractivity (Wildman–Crippen MR) is 136 cm³/mol. The molecule has 0 atom stereocenters. The monoisotopic (exact) mass is 592 g/mol. The average molecular weight is 593 g/mol. The van der Waals surface area contributed by atoms with Crippen molar-refractivity contribution >= 4 is 43.1 Å². The highest BCUT2D eigenvalue weighted by atomic mass is 79.9. The quantitative estimate of drug-likeness (QED) is 0.276. The molecule has 2 heterocycles. The van der Waals surface area contributed by atoms with E-state index in [0.29, 0.717) is 16.6 Å². The number of sulfonamides is 1. The Labute approximate surface area is 218 Å². The summed E-state index contributed by atoms with van der Waals surface area (Å²) < 4.78 is 71.2. The number of primary amides is 1. The molecule has 1 fully saturated rings. The standard InChI is InChI=1S/C25H20BrF3N4O3S/c26-18-8-5-14(22(28)23(18)29)9-10-37(35,36)32-19-12-33-20(11-17(19)13-1-2-13)21(25(30)34)24(31-33)15-3-6-16(27)7-4-15/h3-8,11-13,32H,1-2,9-10H2,(H2,30,34). The van der Waals surface area contributed by atoms with Gasteiger partial charge in [0.1, 0.15) is 11.5 Å². The first-order valence-corrected chi connectivity index (χ1v) is 13.7. The van der Waals surface area contributed by atoms with Gasteiger partial charge in [0.2, 0.25) is 10.0 Å². The number of fused-ring (bicyclic) bond motifs is 1. The third-order valence-corrected chi connectivity index (χ3v) is 8.09. The summed E-state index contributed by atoms with van der Waals surface area (Å²) in [4.78, 5) is 12.4. The number of benzene rings is 2. The van der Waals surface area contributed by atoms with E-state index in [0.717, 1.165) is 12.8 Å². The molecule has 192 valence electrons. The maximum Gasteiger partial charge on any atom is 0.253 e. The van der Waals surface area contributed by atoms with Gasteiger partial charge in [0.05, 0.1) is 33.2 Å². The second kappa shape index (κ2) is 9.49. The number of anilines is 1. The number of hydrogen-bond acceptors (Lipinski definition) is 4. The van der Waals surface area contributed by atoms with Crippen LogP contribution in [-0.2, 0) is 16.4 Å². The van der Waals surface area contributed by atoms with Gasteiger partial charge in [0, 0.05) is 5.56 Å². The van der Waals surface area contributed by atoms with Crippen molar-refractivity contribution in [2.24, 2.45) is 5.73 Å². The van der Waals surface area contributed by atoms with Crippen molar-refractivity contribution in [3.05, 3.63) is 87.3 Å². The van der Waals surface area contributed by atoms with E-state index in [1.807, 2.05) is 0 Å². The van der Waals surface area contributed by atoms with Crippen LogP contribution in [0, 0.1) is 17.5 Å². The summed E-state index contributed by atoms with van der Waals surface area (Å²) in [6, 6.07) is 9.74. The second-order valence-corrected chi connectivity index (χ2v) is 11.5. The molecular weight excluding hydrogens is 573 g/mol. The topological polar surface area (TPSA) is 107 Å². The molecule has 5 rings (SSSR count). The first-order chi connectivity index (χ1) is 17.5. The Hall–Kier alpha value is -3.38. The molecule has 37 heavy (non-hydrogen) atoms. The number of rotatable bonds is 8. The molecular formula is C25H20BrF3N4O3S. The molecule has 12 heteroatoms. The minimum absolute atomic E-state index is 0.0494. The van der Waals surface area contributed by atoms with E-state index in [9.17, 15) is 26.4 Å². The number of aromatic nitrogens is 2. The van der Waals surface area contributed by atoms with E-state index in [1.54, 1.807) is 6.07 Å². The molecule has 1 amide bonds. The number of aryl methyl sites for hydroxylation is 1. The van der Waals surface area contributed by atoms with Crippen molar-refractivity contribution in [1.29, 1.82) is 0 Å². The molecule has 1 saturated carbocycles. The van der Waals surface area contributed by atoms with Crippen molar-refractivity contribution in [3.8, 4) is 11.3 Å². The molecule has 0 saturated heterocycles. The van der Waals surface area contributed by atoms with Gasteiger partial charge in [0.25, 0.3) is 5.91 Å². The van der Waals surface area contributed by atoms with E-state index >= 15 is 0 Å². The van der Waals surface area contributed by atoms with Gasteiger partial charge in [-0.15, -0.1) is 0 Å². The predicted octanol–water partition coefficient (Wildman–Crippen LogP) is 5.14. The first-order valence-electron chi connectivity index (χ1n) is 11.3. The van der Waals surface area contributed by atoms with Gasteiger partial charge < -0.3 is 5.73 Å². The lowest BCUT2D eigenvalue weighted by atomic mass is 10.0. The molecule has 0 unspecified atom stereocenters. The van der Waals surface area contributed by atoms with Crippen molar-refractivity contribution in [1.82, 2.24) is 9.61 Å². The number of nitrogens with zero attached hydrogens (tertiary/aromatic N) is 2. The summed E-state index contributed by atoms with van der Waals surface area (Å²) >= 11 is 2.90. The summed E-state index contributed by atoms with van der Waals surface area (Å²) in [5, 5.41) is 4.43. The van der Waals surface area contributed by atoms with Gasteiger partial charge in [0.15, 0.2) is 11.6 Å². The van der Waals surface area contributed by atoms with Crippen molar-refractivity contribution in [2.75, 3.05) is 10.5 Å². The Morgan fingerprint density at radius 1 is 1.11 bits per heavy atom. The van der Waals surface area contributed by atoms with Gasteiger partial charge >= 0.3 is 0 Å². The molecule has 1 aliphatic rings. The number of halogens is 4. The minimum atomic E-state index is -3.97. The minimum Gasteiger partial charge on any atom is -0.365 e. The van der Waals surface area contributed by atoms with Crippen LogP contribution in [0.4, 0.5) is 18.9 Å². The van der Waals surface area contributed by atoms with Gasteiger partial charge in [-0.05, 0) is 88.6 Å². The van der Waals surface area contributed by atoms with Crippen LogP contribution >= 0.6 is 15.9 Å². The molecule has 0 radical (unpaired) electrons. The van der Waals surface area contributed by atoms with E-state index in [-0.39, 0.29) is 39.3 Å². The molecule has 2 aromatic heterocycles. The molecule has 2 aromatic carbocycles. The average Bonchev–Trinajstić information content (AvgIpc) is 3.62. The molecule has 0 spiro atoms. The molecule has 0 bridgehead atoms. The maximum atomic E-state index is 14.2. The van der Waals surface area contributed by atoms with E-state index in [2.05, 4.69) is 25.8 Å². The number of nitrogens with two attached hydrogens (primary N) is 1. The van der Waals surface area contributed by atoms with Crippen LogP contribution in [0.25, 0.3) is 16.8 Å². The number of carbonyl (C=O) groups excluding carboxylic acids is 1. The highest BCUT2D eigenvalue weighted by Gasteiger charge is 2.30. The van der Waals surface area contributed by atoms with Crippen molar-refractivity contribution in [3.63, 3.8) is 0 Å². The summed E-state index contributed by atoms with van der Waals surface area (Å²) in [7, 11) is -3.97. The largest absolute Gasteiger partial charge is 0.365 e. The highest BCUT2D eigenvalue weighted by molar-refractivity contribution is 9.10. The van der Waals surface area contributed by atoms with Gasteiger partial charge in [-0.1, -0.05) is 6.07 Å². The van der Waals surface area contributed by atoms with Crippen LogP contribution in [0.15, 0.2) is 53.1 Å². The van der Waals surface area contributed by atoms with E-state index < -0.39 is 39.1 Å². The summed E-state index contributed by atoms with van der Waals surface area (Å²) in [6.07, 6.45) is 2.88. The summed E-state index contributed by atoms with van der Waals surface area (Å²) in [5.74, 6) is -3.77. The van der Waals surface area contributed by atoms with Crippen LogP contribution in [0.3, 0.4) is 0 Å². The summed E-state index contributed by atoms with van der Waals surface area (Å²) in [6.45, 7) is 0. The maximum absolute atomic E-state index is 14.2. The zero-order valence-electron chi connectivity index (χ0n) is 19.1. The van der Waals surface area contributed by atoms with Crippen LogP contribution in [0.5, 0.6) is 0 Å². The third-order valence-electron chi connectivity index (χ3n) is 6.20. The number of carbonyl (C=O) groups is 1.